The predicted octanol–water partition coefficient (Wildman–Crippen LogP) is 4.36. The van der Waals surface area contributed by atoms with Gasteiger partial charge in [-0.05, 0) is 58.0 Å². The van der Waals surface area contributed by atoms with Crippen LogP contribution in [0.15, 0.2) is 48.5 Å². The van der Waals surface area contributed by atoms with Gasteiger partial charge in [0.25, 0.3) is 5.91 Å². The molecule has 7 nitrogen and oxygen atoms in total. The lowest BCUT2D eigenvalue weighted by Gasteiger charge is -2.19. The molecule has 8 heteroatoms. The lowest BCUT2D eigenvalue weighted by Crippen LogP contribution is -2.30. The number of benzene rings is 2. The summed E-state index contributed by atoms with van der Waals surface area (Å²) in [5.41, 5.74) is -0.216. The van der Waals surface area contributed by atoms with Crippen LogP contribution in [0, 0.1) is 5.82 Å². The number of halogens is 1. The van der Waals surface area contributed by atoms with Gasteiger partial charge in [0.15, 0.2) is 6.10 Å². The van der Waals surface area contributed by atoms with Crippen LogP contribution in [-0.2, 0) is 14.3 Å². The molecule has 0 bridgehead atoms. The second kappa shape index (κ2) is 9.18. The molecule has 0 aliphatic heterocycles. The molecule has 0 spiro atoms. The van der Waals surface area contributed by atoms with Gasteiger partial charge in [0.2, 0.25) is 0 Å². The fraction of sp³-hybridized carbons (Fsp3) is 0.286. The Bertz CT molecular complexity index is 908. The lowest BCUT2D eigenvalue weighted by molar-refractivity contribution is -0.123. The second-order valence-electron chi connectivity index (χ2n) is 7.22. The average Bonchev–Trinajstić information content (AvgIpc) is 2.62. The number of amides is 2. The summed E-state index contributed by atoms with van der Waals surface area (Å²) in [6.45, 7) is 6.56. The van der Waals surface area contributed by atoms with Gasteiger partial charge in [0, 0.05) is 5.69 Å². The van der Waals surface area contributed by atoms with Crippen LogP contribution >= 0.6 is 0 Å². The zero-order valence-corrected chi connectivity index (χ0v) is 16.6. The van der Waals surface area contributed by atoms with E-state index in [0.717, 1.165) is 0 Å². The molecule has 0 aliphatic carbocycles. The van der Waals surface area contributed by atoms with Crippen molar-refractivity contribution in [2.75, 3.05) is 10.6 Å². The summed E-state index contributed by atoms with van der Waals surface area (Å²) < 4.78 is 23.9. The minimum atomic E-state index is -1.16. The van der Waals surface area contributed by atoms with Crippen molar-refractivity contribution in [3.05, 3.63) is 59.9 Å². The van der Waals surface area contributed by atoms with Crippen LogP contribution in [0.3, 0.4) is 0 Å². The number of rotatable bonds is 5. The quantitative estimate of drug-likeness (QED) is 0.725. The Morgan fingerprint density at radius 2 is 1.69 bits per heavy atom. The third-order valence-corrected chi connectivity index (χ3v) is 3.53. The van der Waals surface area contributed by atoms with Crippen molar-refractivity contribution in [3.63, 3.8) is 0 Å². The zero-order valence-electron chi connectivity index (χ0n) is 16.6. The van der Waals surface area contributed by atoms with Gasteiger partial charge in [-0.2, -0.15) is 0 Å². The van der Waals surface area contributed by atoms with Gasteiger partial charge in [-0.25, -0.2) is 14.0 Å². The monoisotopic (exact) mass is 402 g/mol. The Hall–Kier alpha value is -3.42. The Morgan fingerprint density at radius 3 is 2.34 bits per heavy atom. The molecule has 1 atom stereocenters. The van der Waals surface area contributed by atoms with Crippen LogP contribution in [0.5, 0.6) is 0 Å². The highest BCUT2D eigenvalue weighted by Crippen LogP contribution is 2.16. The summed E-state index contributed by atoms with van der Waals surface area (Å²) in [6.07, 6.45) is -1.83. The predicted molar refractivity (Wildman–Crippen MR) is 106 cm³/mol. The van der Waals surface area contributed by atoms with Crippen molar-refractivity contribution in [3.8, 4) is 0 Å². The van der Waals surface area contributed by atoms with Crippen molar-refractivity contribution in [1.29, 1.82) is 0 Å². The number of esters is 1. The van der Waals surface area contributed by atoms with Crippen LogP contribution < -0.4 is 10.6 Å². The van der Waals surface area contributed by atoms with Crippen LogP contribution in [-0.4, -0.2) is 29.7 Å². The highest BCUT2D eigenvalue weighted by molar-refractivity contribution is 5.98. The van der Waals surface area contributed by atoms with Gasteiger partial charge in [0.1, 0.15) is 11.4 Å². The highest BCUT2D eigenvalue weighted by atomic mass is 19.1. The maximum atomic E-state index is 13.6. The topological polar surface area (TPSA) is 93.7 Å². The summed E-state index contributed by atoms with van der Waals surface area (Å²) in [5.74, 6) is -2.04. The van der Waals surface area contributed by atoms with E-state index < -0.39 is 35.5 Å². The summed E-state index contributed by atoms with van der Waals surface area (Å²) in [4.78, 5) is 36.3. The standard InChI is InChI=1S/C21H23FN2O5/c1-13(18(25)24-17-11-6-5-10-16(17)22)28-19(26)14-8-7-9-15(12-14)23-20(27)29-21(2,3)4/h5-13H,1-4H3,(H,23,27)(H,24,25)/t13-/m0/s1. The normalized spacial score (nSPS) is 11.9. The number of ether oxygens (including phenoxy) is 2. The number of para-hydroxylation sites is 1. The largest absolute Gasteiger partial charge is 0.449 e. The van der Waals surface area contributed by atoms with Crippen molar-refractivity contribution in [2.24, 2.45) is 0 Å². The SMILES string of the molecule is C[C@H](OC(=O)c1cccc(NC(=O)OC(C)(C)C)c1)C(=O)Nc1ccccc1F. The van der Waals surface area contributed by atoms with E-state index in [1.165, 1.54) is 37.3 Å². The van der Waals surface area contributed by atoms with E-state index in [1.807, 2.05) is 0 Å². The van der Waals surface area contributed by atoms with E-state index in [1.54, 1.807) is 39.0 Å². The van der Waals surface area contributed by atoms with Gasteiger partial charge >= 0.3 is 12.1 Å². The number of carbonyl (C=O) groups is 3. The highest BCUT2D eigenvalue weighted by Gasteiger charge is 2.21. The maximum Gasteiger partial charge on any atom is 0.412 e. The zero-order chi connectivity index (χ0) is 21.6. The number of hydrogen-bond acceptors (Lipinski definition) is 5. The molecule has 0 aliphatic rings. The number of anilines is 2. The van der Waals surface area contributed by atoms with Gasteiger partial charge < -0.3 is 14.8 Å². The molecule has 0 fully saturated rings. The number of nitrogens with one attached hydrogen (secondary N) is 2. The van der Waals surface area contributed by atoms with Gasteiger partial charge in [-0.3, -0.25) is 10.1 Å². The third-order valence-electron chi connectivity index (χ3n) is 3.53. The Labute approximate surface area is 168 Å². The fourth-order valence-corrected chi connectivity index (χ4v) is 2.22. The molecule has 0 saturated carbocycles. The van der Waals surface area contributed by atoms with E-state index in [4.69, 9.17) is 9.47 Å². The minimum Gasteiger partial charge on any atom is -0.449 e. The van der Waals surface area contributed by atoms with Gasteiger partial charge in [-0.1, -0.05) is 18.2 Å². The van der Waals surface area contributed by atoms with Crippen molar-refractivity contribution in [1.82, 2.24) is 0 Å². The molecule has 0 unspecified atom stereocenters. The first-order valence-electron chi connectivity index (χ1n) is 8.91. The molecular formula is C21H23FN2O5. The number of carbonyl (C=O) groups excluding carboxylic acids is 3. The van der Waals surface area contributed by atoms with Crippen molar-refractivity contribution >= 4 is 29.3 Å². The lowest BCUT2D eigenvalue weighted by atomic mass is 10.2. The first kappa shape index (κ1) is 21.9. The Kier molecular flexibility index (Phi) is 6.93. The minimum absolute atomic E-state index is 0.0102. The molecule has 2 aromatic carbocycles. The molecular weight excluding hydrogens is 379 g/mol. The molecule has 2 aromatic rings. The molecule has 0 saturated heterocycles. The van der Waals surface area contributed by atoms with Crippen LogP contribution in [0.4, 0.5) is 20.6 Å². The van der Waals surface area contributed by atoms with E-state index >= 15 is 0 Å². The molecule has 0 aromatic heterocycles. The summed E-state index contributed by atoms with van der Waals surface area (Å²) in [7, 11) is 0. The third kappa shape index (κ3) is 6.91. The molecule has 154 valence electrons. The van der Waals surface area contributed by atoms with Crippen LogP contribution in [0.1, 0.15) is 38.1 Å². The first-order valence-corrected chi connectivity index (χ1v) is 8.91. The summed E-state index contributed by atoms with van der Waals surface area (Å²) >= 11 is 0. The van der Waals surface area contributed by atoms with E-state index in [0.29, 0.717) is 5.69 Å². The Morgan fingerprint density at radius 1 is 1.00 bits per heavy atom. The van der Waals surface area contributed by atoms with E-state index in [-0.39, 0.29) is 11.3 Å². The summed E-state index contributed by atoms with van der Waals surface area (Å²) in [5, 5.41) is 4.88. The maximum absolute atomic E-state index is 13.6. The molecule has 0 radical (unpaired) electrons. The fourth-order valence-electron chi connectivity index (χ4n) is 2.22. The van der Waals surface area contributed by atoms with E-state index in [2.05, 4.69) is 10.6 Å². The second-order valence-corrected chi connectivity index (χ2v) is 7.22. The van der Waals surface area contributed by atoms with E-state index in [9.17, 15) is 18.8 Å². The van der Waals surface area contributed by atoms with Gasteiger partial charge in [0.05, 0.1) is 11.3 Å². The molecule has 29 heavy (non-hydrogen) atoms. The van der Waals surface area contributed by atoms with Crippen LogP contribution in [0.25, 0.3) is 0 Å². The Balaban J connectivity index is 1.98. The van der Waals surface area contributed by atoms with Crippen LogP contribution in [0.2, 0.25) is 0 Å². The number of hydrogen-bond donors (Lipinski definition) is 2. The first-order chi connectivity index (χ1) is 13.5. The molecule has 2 N–H and O–H groups in total. The molecule has 2 amide bonds. The van der Waals surface area contributed by atoms with Gasteiger partial charge in [-0.15, -0.1) is 0 Å². The average molecular weight is 402 g/mol. The smallest absolute Gasteiger partial charge is 0.412 e. The molecule has 0 heterocycles. The summed E-state index contributed by atoms with van der Waals surface area (Å²) in [6, 6.07) is 11.7. The van der Waals surface area contributed by atoms with Crippen molar-refractivity contribution in [2.45, 2.75) is 39.4 Å². The molecule has 2 rings (SSSR count). The van der Waals surface area contributed by atoms with Crippen molar-refractivity contribution < 1.29 is 28.2 Å².